The fraction of sp³-hybridized carbons (Fsp3) is 0.412. The van der Waals surface area contributed by atoms with Crippen molar-refractivity contribution >= 4 is 23.4 Å². The molecular weight excluding hydrogens is 390 g/mol. The molecule has 0 bridgehead atoms. The van der Waals surface area contributed by atoms with Gasteiger partial charge >= 0.3 is 0 Å². The van der Waals surface area contributed by atoms with Crippen molar-refractivity contribution in [3.63, 3.8) is 0 Å². The Kier molecular flexibility index (Phi) is 9.38. The molecule has 0 aliphatic carbocycles. The van der Waals surface area contributed by atoms with Crippen LogP contribution in [0.1, 0.15) is 25.3 Å². The van der Waals surface area contributed by atoms with Gasteiger partial charge in [0, 0.05) is 63.2 Å². The van der Waals surface area contributed by atoms with Crippen molar-refractivity contribution in [2.45, 2.75) is 31.1 Å². The Morgan fingerprint density at radius 1 is 1.48 bits per heavy atom. The van der Waals surface area contributed by atoms with E-state index in [1.807, 2.05) is 6.07 Å². The maximum atomic E-state index is 14.2. The molecule has 1 aromatic carbocycles. The average Bonchev–Trinajstić information content (AvgIpc) is 2.50. The van der Waals surface area contributed by atoms with E-state index >= 15 is 0 Å². The summed E-state index contributed by atoms with van der Waals surface area (Å²) in [5.74, 6) is 6.30. The Hall–Kier alpha value is -0.406. The van der Waals surface area contributed by atoms with Crippen LogP contribution in [-0.4, -0.2) is 24.8 Å². The Balaban J connectivity index is 0.00000264. The number of thioether (sulfide) groups is 1. The van der Waals surface area contributed by atoms with E-state index in [0.717, 1.165) is 29.1 Å². The number of carbonyl (C=O) groups is 1. The first-order chi connectivity index (χ1) is 10.6. The normalized spacial score (nSPS) is 12.5. The summed E-state index contributed by atoms with van der Waals surface area (Å²) in [7, 11) is 3.23. The largest absolute Gasteiger partial charge is 0.546 e. The van der Waals surface area contributed by atoms with Crippen molar-refractivity contribution < 1.29 is 46.6 Å². The summed E-state index contributed by atoms with van der Waals surface area (Å²) < 4.78 is 18.8. The van der Waals surface area contributed by atoms with E-state index in [2.05, 4.69) is 23.7 Å². The Bertz CT molecular complexity index is 613. The summed E-state index contributed by atoms with van der Waals surface area (Å²) in [6, 6.07) is 3.38. The summed E-state index contributed by atoms with van der Waals surface area (Å²) in [6.07, 6.45) is 2.41. The minimum atomic E-state index is -0.236. The summed E-state index contributed by atoms with van der Waals surface area (Å²) >= 11 is 1.55. The molecule has 0 saturated carbocycles. The molecule has 1 heterocycles. The number of amides is 1. The molecule has 0 spiro atoms. The summed E-state index contributed by atoms with van der Waals surface area (Å²) in [5, 5.41) is 0. The van der Waals surface area contributed by atoms with Gasteiger partial charge in [0.25, 0.3) is 0 Å². The van der Waals surface area contributed by atoms with Gasteiger partial charge in [-0.15, -0.1) is 11.8 Å². The molecule has 2 rings (SSSR count). The molecule has 0 aromatic heterocycles. The van der Waals surface area contributed by atoms with Crippen molar-refractivity contribution in [1.29, 1.82) is 0 Å². The van der Waals surface area contributed by atoms with Crippen LogP contribution in [0.15, 0.2) is 17.0 Å². The Morgan fingerprint density at radius 2 is 2.26 bits per heavy atom. The number of hydrogen-bond acceptors (Lipinski definition) is 3. The van der Waals surface area contributed by atoms with Crippen LogP contribution in [-0.2, 0) is 48.7 Å². The maximum Gasteiger partial charge on any atom is 0.223 e. The third kappa shape index (κ3) is 5.87. The van der Waals surface area contributed by atoms with Gasteiger partial charge < -0.3 is 9.64 Å². The van der Waals surface area contributed by atoms with E-state index in [1.165, 1.54) is 13.0 Å². The Labute approximate surface area is 166 Å². The number of rotatable bonds is 4. The van der Waals surface area contributed by atoms with Crippen LogP contribution in [0.4, 0.5) is 10.1 Å². The van der Waals surface area contributed by atoms with Crippen molar-refractivity contribution in [2.75, 3.05) is 23.8 Å². The number of hydrogen-bond donors (Lipinski definition) is 0. The van der Waals surface area contributed by atoms with Crippen LogP contribution >= 0.6 is 11.8 Å². The predicted molar refractivity (Wildman–Crippen MR) is 87.2 cm³/mol. The number of halogens is 1. The van der Waals surface area contributed by atoms with Gasteiger partial charge in [-0.3, -0.25) is 4.79 Å². The minimum absolute atomic E-state index is 0. The van der Waals surface area contributed by atoms with Gasteiger partial charge in [-0.25, -0.2) is 11.5 Å². The molecule has 23 heavy (non-hydrogen) atoms. The molecule has 1 aliphatic heterocycles. The third-order valence-corrected chi connectivity index (χ3v) is 4.63. The van der Waals surface area contributed by atoms with Gasteiger partial charge in [0.15, 0.2) is 0 Å². The number of nitrogens with zero attached hydrogens (tertiary/aromatic N) is 1. The van der Waals surface area contributed by atoms with Gasteiger partial charge in [-0.2, -0.15) is 0 Å². The van der Waals surface area contributed by atoms with Crippen LogP contribution in [0.2, 0.25) is 0 Å². The van der Waals surface area contributed by atoms with Gasteiger partial charge in [-0.1, -0.05) is 11.8 Å². The topological polar surface area (TPSA) is 29.5 Å². The number of fused-ring (bicyclic) bond motifs is 1. The molecule has 1 aromatic rings. The zero-order valence-electron chi connectivity index (χ0n) is 13.2. The molecule has 1 radical (unpaired) electrons. The monoisotopic (exact) mass is 409 g/mol. The van der Waals surface area contributed by atoms with E-state index in [-0.39, 0.29) is 51.0 Å². The van der Waals surface area contributed by atoms with E-state index in [4.69, 9.17) is 0 Å². The van der Waals surface area contributed by atoms with Crippen molar-refractivity contribution in [2.24, 2.45) is 0 Å². The number of carbonyl (C=O) groups excluding carboxylic acids is 1. The molecule has 0 unspecified atom stereocenters. The predicted octanol–water partition coefficient (Wildman–Crippen LogP) is 3.42. The fourth-order valence-electron chi connectivity index (χ4n) is 2.40. The zero-order chi connectivity index (χ0) is 15.9. The molecule has 0 fully saturated rings. The van der Waals surface area contributed by atoms with E-state index in [1.54, 1.807) is 16.7 Å². The first-order valence-corrected chi connectivity index (χ1v) is 8.18. The molecule has 1 aliphatic rings. The van der Waals surface area contributed by atoms with E-state index in [0.29, 0.717) is 18.7 Å². The second kappa shape index (κ2) is 10.5. The second-order valence-corrected chi connectivity index (χ2v) is 6.10. The van der Waals surface area contributed by atoms with Crippen LogP contribution in [0.5, 0.6) is 0 Å². The number of aryl methyl sites for hydroxylation is 1. The molecule has 3 nitrogen and oxygen atoms in total. The fourth-order valence-corrected chi connectivity index (χ4v) is 3.44. The second-order valence-electron chi connectivity index (χ2n) is 4.99. The molecule has 121 valence electrons. The van der Waals surface area contributed by atoms with Crippen molar-refractivity contribution in [3.8, 4) is 11.8 Å². The van der Waals surface area contributed by atoms with E-state index in [9.17, 15) is 9.18 Å². The molecule has 0 atom stereocenters. The van der Waals surface area contributed by atoms with Crippen LogP contribution in [0.25, 0.3) is 0 Å². The molecule has 0 saturated heterocycles. The molecule has 6 heteroatoms. The number of anilines is 1. The molecule has 1 amide bonds. The third-order valence-electron chi connectivity index (χ3n) is 3.39. The standard InChI is InChI=1S/C17H19FNO2S.Y/c1-13(20)19(8-4-3-5-9-21-2)15-11-14-7-6-10-22-17(14)16(18)12-15;/h11-12H,2,4,6-10H2,1H3;/q-1;. The number of ether oxygens (including phenoxy) is 1. The SMILES string of the molecule is [CH2-]OCC#CCCN(C(C)=O)c1cc(F)c2c(c1)CCCS2.[Y]. The molecular formula is C17H19FNO2SY-. The smallest absolute Gasteiger partial charge is 0.223 e. The first-order valence-electron chi connectivity index (χ1n) is 7.19. The molecule has 0 N–H and O–H groups in total. The van der Waals surface area contributed by atoms with Crippen LogP contribution < -0.4 is 4.90 Å². The summed E-state index contributed by atoms with van der Waals surface area (Å²) in [5.41, 5.74) is 1.61. The quantitative estimate of drug-likeness (QED) is 0.564. The maximum absolute atomic E-state index is 14.2. The summed E-state index contributed by atoms with van der Waals surface area (Å²) in [6.45, 7) is 2.19. The Morgan fingerprint density at radius 3 is 2.96 bits per heavy atom. The first kappa shape index (κ1) is 20.6. The van der Waals surface area contributed by atoms with Gasteiger partial charge in [0.1, 0.15) is 5.82 Å². The zero-order valence-corrected chi connectivity index (χ0v) is 16.9. The number of benzene rings is 1. The minimum Gasteiger partial charge on any atom is -0.546 e. The van der Waals surface area contributed by atoms with Crippen LogP contribution in [0, 0.1) is 24.8 Å². The van der Waals surface area contributed by atoms with Crippen LogP contribution in [0.3, 0.4) is 0 Å². The van der Waals surface area contributed by atoms with Gasteiger partial charge in [0.2, 0.25) is 5.91 Å². The average molecular weight is 409 g/mol. The van der Waals surface area contributed by atoms with Crippen molar-refractivity contribution in [1.82, 2.24) is 0 Å². The van der Waals surface area contributed by atoms with Gasteiger partial charge in [0.05, 0.1) is 6.61 Å². The van der Waals surface area contributed by atoms with E-state index < -0.39 is 0 Å². The summed E-state index contributed by atoms with van der Waals surface area (Å²) in [4.78, 5) is 14.2. The van der Waals surface area contributed by atoms with Gasteiger partial charge in [-0.05, 0) is 36.3 Å². The van der Waals surface area contributed by atoms with Crippen molar-refractivity contribution in [3.05, 3.63) is 30.6 Å².